The molecule has 0 saturated carbocycles. The summed E-state index contributed by atoms with van der Waals surface area (Å²) in [7, 11) is 1.63. The standard InChI is InChI=1S/C17H13N3O2/c1-22-15-5-2-12(3-6-15)13-4-7-16(20-10-13)17(21)14-8-18-11-19-9-14/h2-11H,1H3. The van der Waals surface area contributed by atoms with E-state index in [1.165, 1.54) is 18.7 Å². The van der Waals surface area contributed by atoms with Gasteiger partial charge in [-0.25, -0.2) is 9.97 Å². The minimum Gasteiger partial charge on any atom is -0.497 e. The van der Waals surface area contributed by atoms with Crippen molar-refractivity contribution in [2.45, 2.75) is 0 Å². The molecule has 0 fully saturated rings. The number of nitrogens with zero attached hydrogens (tertiary/aromatic N) is 3. The van der Waals surface area contributed by atoms with Crippen LogP contribution in [0.15, 0.2) is 61.3 Å². The molecule has 0 saturated heterocycles. The highest BCUT2D eigenvalue weighted by Gasteiger charge is 2.11. The van der Waals surface area contributed by atoms with E-state index in [2.05, 4.69) is 15.0 Å². The first-order valence-electron chi connectivity index (χ1n) is 6.68. The van der Waals surface area contributed by atoms with Crippen LogP contribution in [0, 0.1) is 0 Å². The maximum absolute atomic E-state index is 12.2. The molecule has 3 rings (SSSR count). The highest BCUT2D eigenvalue weighted by atomic mass is 16.5. The Kier molecular flexibility index (Phi) is 3.87. The summed E-state index contributed by atoms with van der Waals surface area (Å²) in [6, 6.07) is 11.2. The minimum absolute atomic E-state index is 0.193. The zero-order chi connectivity index (χ0) is 15.4. The number of carbonyl (C=O) groups is 1. The van der Waals surface area contributed by atoms with Crippen LogP contribution in [-0.4, -0.2) is 27.8 Å². The summed E-state index contributed by atoms with van der Waals surface area (Å²) in [4.78, 5) is 24.1. The lowest BCUT2D eigenvalue weighted by Crippen LogP contribution is -2.04. The molecule has 0 N–H and O–H groups in total. The largest absolute Gasteiger partial charge is 0.497 e. The van der Waals surface area contributed by atoms with Crippen molar-refractivity contribution in [2.75, 3.05) is 7.11 Å². The number of ketones is 1. The molecule has 0 atom stereocenters. The van der Waals surface area contributed by atoms with Gasteiger partial charge in [0, 0.05) is 24.2 Å². The number of ether oxygens (including phenoxy) is 1. The van der Waals surface area contributed by atoms with Crippen LogP contribution in [0.1, 0.15) is 16.1 Å². The van der Waals surface area contributed by atoms with Crippen LogP contribution < -0.4 is 4.74 Å². The van der Waals surface area contributed by atoms with Crippen LogP contribution in [0.4, 0.5) is 0 Å². The fourth-order valence-corrected chi connectivity index (χ4v) is 2.05. The average Bonchev–Trinajstić information content (AvgIpc) is 2.62. The SMILES string of the molecule is COc1ccc(-c2ccc(C(=O)c3cncnc3)nc2)cc1. The van der Waals surface area contributed by atoms with Crippen LogP contribution in [0.25, 0.3) is 11.1 Å². The molecule has 5 heteroatoms. The first-order chi connectivity index (χ1) is 10.8. The van der Waals surface area contributed by atoms with Gasteiger partial charge < -0.3 is 4.74 Å². The van der Waals surface area contributed by atoms with Gasteiger partial charge in [-0.3, -0.25) is 9.78 Å². The molecule has 22 heavy (non-hydrogen) atoms. The fourth-order valence-electron chi connectivity index (χ4n) is 2.05. The van der Waals surface area contributed by atoms with Gasteiger partial charge in [0.25, 0.3) is 0 Å². The molecule has 0 amide bonds. The topological polar surface area (TPSA) is 65.0 Å². The Balaban J connectivity index is 1.84. The van der Waals surface area contributed by atoms with Crippen LogP contribution >= 0.6 is 0 Å². The molecule has 0 bridgehead atoms. The van der Waals surface area contributed by atoms with Crippen molar-refractivity contribution in [1.82, 2.24) is 15.0 Å². The Bertz CT molecular complexity index is 769. The third-order valence-electron chi connectivity index (χ3n) is 3.24. The number of pyridine rings is 1. The summed E-state index contributed by atoms with van der Waals surface area (Å²) in [6.07, 6.45) is 6.03. The average molecular weight is 291 g/mol. The Hall–Kier alpha value is -3.08. The van der Waals surface area contributed by atoms with Crippen LogP contribution in [0.5, 0.6) is 5.75 Å². The zero-order valence-electron chi connectivity index (χ0n) is 11.9. The third-order valence-corrected chi connectivity index (χ3v) is 3.24. The molecular weight excluding hydrogens is 278 g/mol. The van der Waals surface area contributed by atoms with Crippen molar-refractivity contribution >= 4 is 5.78 Å². The summed E-state index contributed by atoms with van der Waals surface area (Å²) in [5.41, 5.74) is 2.73. The molecule has 108 valence electrons. The number of methoxy groups -OCH3 is 1. The van der Waals surface area contributed by atoms with Gasteiger partial charge in [-0.1, -0.05) is 18.2 Å². The van der Waals surface area contributed by atoms with Gasteiger partial charge in [-0.05, 0) is 23.8 Å². The lowest BCUT2D eigenvalue weighted by atomic mass is 10.1. The van der Waals surface area contributed by atoms with E-state index in [1.807, 2.05) is 30.3 Å². The molecule has 0 aliphatic carbocycles. The number of benzene rings is 1. The quantitative estimate of drug-likeness (QED) is 0.691. The Morgan fingerprint density at radius 3 is 2.18 bits per heavy atom. The van der Waals surface area contributed by atoms with Crippen molar-refractivity contribution in [3.63, 3.8) is 0 Å². The molecule has 0 aliphatic rings. The lowest BCUT2D eigenvalue weighted by molar-refractivity contribution is 0.103. The van der Waals surface area contributed by atoms with Crippen molar-refractivity contribution in [3.05, 3.63) is 72.6 Å². The summed E-state index contributed by atoms with van der Waals surface area (Å²) in [6.45, 7) is 0. The summed E-state index contributed by atoms with van der Waals surface area (Å²) in [5.74, 6) is 0.606. The van der Waals surface area contributed by atoms with E-state index in [9.17, 15) is 4.79 Å². The second-order valence-corrected chi connectivity index (χ2v) is 4.62. The molecule has 3 aromatic rings. The second kappa shape index (κ2) is 6.13. The predicted molar refractivity (Wildman–Crippen MR) is 81.7 cm³/mol. The number of hydrogen-bond acceptors (Lipinski definition) is 5. The smallest absolute Gasteiger partial charge is 0.214 e. The van der Waals surface area contributed by atoms with Crippen LogP contribution in [0.2, 0.25) is 0 Å². The molecule has 5 nitrogen and oxygen atoms in total. The maximum atomic E-state index is 12.2. The third kappa shape index (κ3) is 2.83. The van der Waals surface area contributed by atoms with E-state index in [0.29, 0.717) is 11.3 Å². The number of carbonyl (C=O) groups excluding carboxylic acids is 1. The maximum Gasteiger partial charge on any atom is 0.214 e. The fraction of sp³-hybridized carbons (Fsp3) is 0.0588. The Morgan fingerprint density at radius 2 is 1.59 bits per heavy atom. The lowest BCUT2D eigenvalue weighted by Gasteiger charge is -2.05. The van der Waals surface area contributed by atoms with Crippen LogP contribution in [0.3, 0.4) is 0 Å². The van der Waals surface area contributed by atoms with Gasteiger partial charge >= 0.3 is 0 Å². The van der Waals surface area contributed by atoms with Gasteiger partial charge in [0.2, 0.25) is 5.78 Å². The van der Waals surface area contributed by atoms with E-state index in [4.69, 9.17) is 4.74 Å². The molecule has 0 spiro atoms. The Morgan fingerprint density at radius 1 is 0.909 bits per heavy atom. The Labute approximate surface area is 127 Å². The van der Waals surface area contributed by atoms with Gasteiger partial charge in [-0.2, -0.15) is 0 Å². The summed E-state index contributed by atoms with van der Waals surface area (Å²) >= 11 is 0. The van der Waals surface area contributed by atoms with E-state index in [-0.39, 0.29) is 5.78 Å². The number of hydrogen-bond donors (Lipinski definition) is 0. The van der Waals surface area contributed by atoms with E-state index in [1.54, 1.807) is 19.4 Å². The van der Waals surface area contributed by atoms with E-state index in [0.717, 1.165) is 16.9 Å². The zero-order valence-corrected chi connectivity index (χ0v) is 11.9. The van der Waals surface area contributed by atoms with Crippen molar-refractivity contribution < 1.29 is 9.53 Å². The molecular formula is C17H13N3O2. The highest BCUT2D eigenvalue weighted by Crippen LogP contribution is 2.22. The van der Waals surface area contributed by atoms with Crippen molar-refractivity contribution in [2.24, 2.45) is 0 Å². The number of aromatic nitrogens is 3. The van der Waals surface area contributed by atoms with Gasteiger partial charge in [-0.15, -0.1) is 0 Å². The first kappa shape index (κ1) is 13.9. The molecule has 2 heterocycles. The normalized spacial score (nSPS) is 10.2. The molecule has 0 aliphatic heterocycles. The first-order valence-corrected chi connectivity index (χ1v) is 6.68. The molecule has 0 unspecified atom stereocenters. The van der Waals surface area contributed by atoms with Crippen molar-refractivity contribution in [1.29, 1.82) is 0 Å². The van der Waals surface area contributed by atoms with Gasteiger partial charge in [0.05, 0.1) is 12.7 Å². The summed E-state index contributed by atoms with van der Waals surface area (Å²) in [5, 5.41) is 0. The van der Waals surface area contributed by atoms with Crippen LogP contribution in [-0.2, 0) is 0 Å². The monoisotopic (exact) mass is 291 g/mol. The minimum atomic E-state index is -0.193. The van der Waals surface area contributed by atoms with Crippen molar-refractivity contribution in [3.8, 4) is 16.9 Å². The van der Waals surface area contributed by atoms with Gasteiger partial charge in [0.15, 0.2) is 0 Å². The van der Waals surface area contributed by atoms with Gasteiger partial charge in [0.1, 0.15) is 17.8 Å². The predicted octanol–water partition coefficient (Wildman–Crippen LogP) is 2.78. The summed E-state index contributed by atoms with van der Waals surface area (Å²) < 4.78 is 5.13. The second-order valence-electron chi connectivity index (χ2n) is 4.62. The molecule has 2 aromatic heterocycles. The number of rotatable bonds is 4. The van der Waals surface area contributed by atoms with E-state index >= 15 is 0 Å². The molecule has 0 radical (unpaired) electrons. The molecule has 1 aromatic carbocycles. The van der Waals surface area contributed by atoms with E-state index < -0.39 is 0 Å². The highest BCUT2D eigenvalue weighted by molar-refractivity contribution is 6.07.